The van der Waals surface area contributed by atoms with E-state index in [-0.39, 0.29) is 11.6 Å². The van der Waals surface area contributed by atoms with E-state index in [1.165, 1.54) is 0 Å². The molecule has 2 amide bonds. The van der Waals surface area contributed by atoms with Gasteiger partial charge in [-0.15, -0.1) is 0 Å². The SMILES string of the molecule is CCN(CC)CC1(NC(=O)N(Cc2ccccc2Cl)C2CC2)CC1. The van der Waals surface area contributed by atoms with Crippen molar-refractivity contribution < 1.29 is 4.79 Å². The lowest BCUT2D eigenvalue weighted by Crippen LogP contribution is -2.51. The summed E-state index contributed by atoms with van der Waals surface area (Å²) in [5, 5.41) is 4.07. The van der Waals surface area contributed by atoms with Crippen molar-refractivity contribution in [1.82, 2.24) is 15.1 Å². The number of nitrogens with zero attached hydrogens (tertiary/aromatic N) is 2. The molecule has 0 heterocycles. The highest BCUT2D eigenvalue weighted by Crippen LogP contribution is 2.37. The first kappa shape index (κ1) is 17.6. The van der Waals surface area contributed by atoms with Crippen LogP contribution in [0.5, 0.6) is 0 Å². The second kappa shape index (κ2) is 7.32. The van der Waals surface area contributed by atoms with E-state index < -0.39 is 0 Å². The lowest BCUT2D eigenvalue weighted by molar-refractivity contribution is 0.178. The van der Waals surface area contributed by atoms with Gasteiger partial charge in [0.05, 0.1) is 5.54 Å². The maximum atomic E-state index is 12.9. The lowest BCUT2D eigenvalue weighted by Gasteiger charge is -2.30. The molecular weight excluding hydrogens is 322 g/mol. The van der Waals surface area contributed by atoms with Crippen LogP contribution in [0, 0.1) is 0 Å². The van der Waals surface area contributed by atoms with Crippen molar-refractivity contribution in [3.05, 3.63) is 34.9 Å². The molecule has 0 bridgehead atoms. The second-order valence-corrected chi connectivity index (χ2v) is 7.53. The number of rotatable bonds is 8. The monoisotopic (exact) mass is 349 g/mol. The Morgan fingerprint density at radius 1 is 1.25 bits per heavy atom. The third kappa shape index (κ3) is 4.22. The molecule has 2 aliphatic carbocycles. The van der Waals surface area contributed by atoms with Crippen molar-refractivity contribution in [2.24, 2.45) is 0 Å². The first-order chi connectivity index (χ1) is 11.6. The molecule has 1 N–H and O–H groups in total. The van der Waals surface area contributed by atoms with Gasteiger partial charge in [0.1, 0.15) is 0 Å². The third-order valence-corrected chi connectivity index (χ3v) is 5.56. The molecule has 3 rings (SSSR count). The number of carbonyl (C=O) groups excluding carboxylic acids is 1. The van der Waals surface area contributed by atoms with Gasteiger partial charge in [0.25, 0.3) is 0 Å². The molecule has 132 valence electrons. The van der Waals surface area contributed by atoms with E-state index >= 15 is 0 Å². The minimum atomic E-state index is -0.0171. The topological polar surface area (TPSA) is 35.6 Å². The molecule has 0 spiro atoms. The Morgan fingerprint density at radius 3 is 2.46 bits per heavy atom. The van der Waals surface area contributed by atoms with E-state index in [2.05, 4.69) is 24.1 Å². The molecular formula is C19H28ClN3O. The molecule has 4 nitrogen and oxygen atoms in total. The lowest BCUT2D eigenvalue weighted by atomic mass is 10.2. The van der Waals surface area contributed by atoms with Gasteiger partial charge in [-0.05, 0) is 50.4 Å². The number of benzene rings is 1. The quantitative estimate of drug-likeness (QED) is 0.772. The van der Waals surface area contributed by atoms with Gasteiger partial charge in [-0.25, -0.2) is 4.79 Å². The highest BCUT2D eigenvalue weighted by Gasteiger charge is 2.46. The highest BCUT2D eigenvalue weighted by atomic mass is 35.5. The van der Waals surface area contributed by atoms with Crippen LogP contribution < -0.4 is 5.32 Å². The molecule has 5 heteroatoms. The molecule has 24 heavy (non-hydrogen) atoms. The van der Waals surface area contributed by atoms with Crippen molar-refractivity contribution in [3.8, 4) is 0 Å². The molecule has 1 aromatic rings. The van der Waals surface area contributed by atoms with E-state index in [4.69, 9.17) is 11.6 Å². The van der Waals surface area contributed by atoms with Gasteiger partial charge < -0.3 is 15.1 Å². The molecule has 2 fully saturated rings. The van der Waals surface area contributed by atoms with E-state index in [0.29, 0.717) is 12.6 Å². The first-order valence-corrected chi connectivity index (χ1v) is 9.49. The van der Waals surface area contributed by atoms with Gasteiger partial charge in [0.15, 0.2) is 0 Å². The molecule has 0 aliphatic heterocycles. The number of likely N-dealkylation sites (N-methyl/N-ethyl adjacent to an activating group) is 1. The first-order valence-electron chi connectivity index (χ1n) is 9.11. The second-order valence-electron chi connectivity index (χ2n) is 7.12. The Bertz CT molecular complexity index is 580. The molecule has 0 unspecified atom stereocenters. The van der Waals surface area contributed by atoms with E-state index in [0.717, 1.165) is 55.9 Å². The van der Waals surface area contributed by atoms with Crippen LogP contribution in [0.2, 0.25) is 5.02 Å². The van der Waals surface area contributed by atoms with Crippen LogP contribution in [0.1, 0.15) is 45.1 Å². The summed E-state index contributed by atoms with van der Waals surface area (Å²) < 4.78 is 0. The van der Waals surface area contributed by atoms with Gasteiger partial charge in [-0.3, -0.25) is 0 Å². The smallest absolute Gasteiger partial charge is 0.318 e. The van der Waals surface area contributed by atoms with Gasteiger partial charge in [0, 0.05) is 24.2 Å². The number of nitrogens with one attached hydrogen (secondary N) is 1. The number of carbonyl (C=O) groups is 1. The van der Waals surface area contributed by atoms with Crippen molar-refractivity contribution in [3.63, 3.8) is 0 Å². The average Bonchev–Trinajstić information content (AvgIpc) is 3.48. The van der Waals surface area contributed by atoms with Crippen LogP contribution in [0.25, 0.3) is 0 Å². The van der Waals surface area contributed by atoms with Gasteiger partial charge in [0.2, 0.25) is 0 Å². The summed E-state index contributed by atoms with van der Waals surface area (Å²) >= 11 is 6.28. The average molecular weight is 350 g/mol. The van der Waals surface area contributed by atoms with Crippen LogP contribution in [0.3, 0.4) is 0 Å². The van der Waals surface area contributed by atoms with Crippen LogP contribution >= 0.6 is 11.6 Å². The van der Waals surface area contributed by atoms with Crippen molar-refractivity contribution in [2.45, 2.75) is 57.7 Å². The predicted molar refractivity (Wildman–Crippen MR) is 98.3 cm³/mol. The maximum Gasteiger partial charge on any atom is 0.318 e. The summed E-state index contributed by atoms with van der Waals surface area (Å²) in [6, 6.07) is 8.24. The van der Waals surface area contributed by atoms with Gasteiger partial charge in [-0.1, -0.05) is 43.6 Å². The van der Waals surface area contributed by atoms with Crippen LogP contribution in [0.4, 0.5) is 4.79 Å². The van der Waals surface area contributed by atoms with E-state index in [1.807, 2.05) is 29.2 Å². The largest absolute Gasteiger partial charge is 0.331 e. The van der Waals surface area contributed by atoms with Crippen LogP contribution in [0.15, 0.2) is 24.3 Å². The molecule has 2 aliphatic rings. The standard InChI is InChI=1S/C19H28ClN3O/c1-3-22(4-2)14-19(11-12-19)21-18(24)23(16-9-10-16)13-15-7-5-6-8-17(15)20/h5-8,16H,3-4,9-14H2,1-2H3,(H,21,24). The predicted octanol–water partition coefficient (Wildman–Crippen LogP) is 3.89. The zero-order valence-corrected chi connectivity index (χ0v) is 15.5. The Kier molecular flexibility index (Phi) is 5.36. The number of hydrogen-bond donors (Lipinski definition) is 1. The Labute approximate surface area is 150 Å². The molecule has 2 saturated carbocycles. The van der Waals surface area contributed by atoms with Gasteiger partial charge >= 0.3 is 6.03 Å². The summed E-state index contributed by atoms with van der Waals surface area (Å²) in [6.45, 7) is 7.96. The Balaban J connectivity index is 1.64. The number of halogens is 1. The minimum absolute atomic E-state index is 0.0171. The van der Waals surface area contributed by atoms with Crippen LogP contribution in [-0.4, -0.2) is 47.0 Å². The Morgan fingerprint density at radius 2 is 1.92 bits per heavy atom. The van der Waals surface area contributed by atoms with Gasteiger partial charge in [-0.2, -0.15) is 0 Å². The molecule has 0 saturated heterocycles. The van der Waals surface area contributed by atoms with E-state index in [1.54, 1.807) is 0 Å². The summed E-state index contributed by atoms with van der Waals surface area (Å²) in [5.74, 6) is 0. The van der Waals surface area contributed by atoms with Crippen molar-refractivity contribution in [1.29, 1.82) is 0 Å². The fourth-order valence-electron chi connectivity index (χ4n) is 3.21. The molecule has 0 radical (unpaired) electrons. The minimum Gasteiger partial charge on any atom is -0.331 e. The molecule has 1 aromatic carbocycles. The number of urea groups is 1. The van der Waals surface area contributed by atoms with Crippen LogP contribution in [-0.2, 0) is 6.54 Å². The Hall–Kier alpha value is -1.26. The summed E-state index contributed by atoms with van der Waals surface area (Å²) in [4.78, 5) is 17.3. The zero-order chi connectivity index (χ0) is 17.2. The highest BCUT2D eigenvalue weighted by molar-refractivity contribution is 6.31. The maximum absolute atomic E-state index is 12.9. The number of hydrogen-bond acceptors (Lipinski definition) is 2. The third-order valence-electron chi connectivity index (χ3n) is 5.19. The normalized spacial score (nSPS) is 18.5. The summed E-state index contributed by atoms with van der Waals surface area (Å²) in [6.07, 6.45) is 4.36. The summed E-state index contributed by atoms with van der Waals surface area (Å²) in [7, 11) is 0. The zero-order valence-electron chi connectivity index (χ0n) is 14.7. The van der Waals surface area contributed by atoms with Crippen molar-refractivity contribution >= 4 is 17.6 Å². The van der Waals surface area contributed by atoms with E-state index in [9.17, 15) is 4.79 Å². The number of amides is 2. The fourth-order valence-corrected chi connectivity index (χ4v) is 3.41. The molecule has 0 atom stereocenters. The fraction of sp³-hybridized carbons (Fsp3) is 0.632. The van der Waals surface area contributed by atoms with Crippen molar-refractivity contribution in [2.75, 3.05) is 19.6 Å². The molecule has 0 aromatic heterocycles. The summed E-state index contributed by atoms with van der Waals surface area (Å²) in [5.41, 5.74) is 1.01.